The summed E-state index contributed by atoms with van der Waals surface area (Å²) in [6, 6.07) is 4.10. The summed E-state index contributed by atoms with van der Waals surface area (Å²) in [4.78, 5) is 6.82. The van der Waals surface area contributed by atoms with Gasteiger partial charge in [0, 0.05) is 11.3 Å². The number of aryl methyl sites for hydroxylation is 2. The fraction of sp³-hybridized carbons (Fsp3) is 0.455. The van der Waals surface area contributed by atoms with E-state index in [2.05, 4.69) is 23.1 Å². The van der Waals surface area contributed by atoms with Crippen LogP contribution in [0.4, 0.5) is 0 Å². The van der Waals surface area contributed by atoms with E-state index >= 15 is 0 Å². The molecule has 3 heterocycles. The Bertz CT molecular complexity index is 517. The summed E-state index contributed by atoms with van der Waals surface area (Å²) in [5.74, 6) is 1.65. The lowest BCUT2D eigenvalue weighted by Crippen LogP contribution is -2.18. The Morgan fingerprint density at radius 2 is 2.38 bits per heavy atom. The molecule has 0 amide bonds. The fourth-order valence-electron chi connectivity index (χ4n) is 1.99. The fourth-order valence-corrected chi connectivity index (χ4v) is 2.79. The van der Waals surface area contributed by atoms with Gasteiger partial charge in [0.25, 0.3) is 0 Å². The van der Waals surface area contributed by atoms with Crippen molar-refractivity contribution in [3.05, 3.63) is 22.8 Å². The average molecular weight is 235 g/mol. The van der Waals surface area contributed by atoms with Gasteiger partial charge in [0.15, 0.2) is 5.82 Å². The van der Waals surface area contributed by atoms with Crippen molar-refractivity contribution in [2.24, 2.45) is 0 Å². The topological polar surface area (TPSA) is 50.9 Å². The van der Waals surface area contributed by atoms with Gasteiger partial charge in [-0.05, 0) is 31.9 Å². The second-order valence-electron chi connectivity index (χ2n) is 4.08. The molecule has 16 heavy (non-hydrogen) atoms. The lowest BCUT2D eigenvalue weighted by Gasteiger charge is -2.17. The summed E-state index contributed by atoms with van der Waals surface area (Å²) in [5.41, 5.74) is 0. The lowest BCUT2D eigenvalue weighted by molar-refractivity contribution is 0.0648. The number of aromatic nitrogens is 3. The van der Waals surface area contributed by atoms with Gasteiger partial charge in [-0.1, -0.05) is 0 Å². The Balaban J connectivity index is 2.04. The molecule has 84 valence electrons. The van der Waals surface area contributed by atoms with Gasteiger partial charge in [0.2, 0.25) is 0 Å². The van der Waals surface area contributed by atoms with Crippen molar-refractivity contribution >= 4 is 11.3 Å². The normalized spacial score (nSPS) is 19.8. The molecule has 0 fully saturated rings. The zero-order valence-electron chi connectivity index (χ0n) is 9.05. The summed E-state index contributed by atoms with van der Waals surface area (Å²) >= 11 is 1.69. The molecule has 1 aliphatic heterocycles. The van der Waals surface area contributed by atoms with Crippen LogP contribution in [0, 0.1) is 6.92 Å². The van der Waals surface area contributed by atoms with Crippen molar-refractivity contribution in [2.45, 2.75) is 32.4 Å². The monoisotopic (exact) mass is 235 g/mol. The van der Waals surface area contributed by atoms with Crippen LogP contribution in [0.1, 0.15) is 29.8 Å². The second-order valence-corrected chi connectivity index (χ2v) is 5.37. The van der Waals surface area contributed by atoms with Crippen molar-refractivity contribution in [1.29, 1.82) is 0 Å². The van der Waals surface area contributed by atoms with E-state index in [9.17, 15) is 5.11 Å². The van der Waals surface area contributed by atoms with Crippen LogP contribution in [0.25, 0.3) is 10.7 Å². The van der Waals surface area contributed by atoms with E-state index in [4.69, 9.17) is 0 Å². The predicted octanol–water partition coefficient (Wildman–Crippen LogP) is 2.14. The maximum absolute atomic E-state index is 9.79. The third-order valence-electron chi connectivity index (χ3n) is 2.81. The molecule has 0 bridgehead atoms. The number of fused-ring (bicyclic) bond motifs is 1. The molecule has 0 aliphatic carbocycles. The van der Waals surface area contributed by atoms with Crippen molar-refractivity contribution < 1.29 is 5.11 Å². The van der Waals surface area contributed by atoms with E-state index in [1.807, 2.05) is 6.07 Å². The molecule has 0 saturated carbocycles. The van der Waals surface area contributed by atoms with Crippen molar-refractivity contribution in [3.8, 4) is 10.7 Å². The molecule has 5 heteroatoms. The maximum atomic E-state index is 9.79. The van der Waals surface area contributed by atoms with Crippen molar-refractivity contribution in [2.75, 3.05) is 0 Å². The molecule has 3 rings (SSSR count). The Kier molecular flexibility index (Phi) is 2.29. The summed E-state index contributed by atoms with van der Waals surface area (Å²) in [5, 5.41) is 14.2. The number of aliphatic hydroxyl groups is 1. The first kappa shape index (κ1) is 9.99. The highest BCUT2D eigenvalue weighted by molar-refractivity contribution is 7.15. The molecular weight excluding hydrogens is 222 g/mol. The first-order valence-corrected chi connectivity index (χ1v) is 6.26. The molecule has 0 radical (unpaired) electrons. The van der Waals surface area contributed by atoms with Gasteiger partial charge < -0.3 is 5.11 Å². The highest BCUT2D eigenvalue weighted by Crippen LogP contribution is 2.28. The van der Waals surface area contributed by atoms with E-state index in [0.29, 0.717) is 0 Å². The van der Waals surface area contributed by atoms with E-state index in [-0.39, 0.29) is 0 Å². The van der Waals surface area contributed by atoms with Crippen LogP contribution in [0.3, 0.4) is 0 Å². The van der Waals surface area contributed by atoms with Crippen LogP contribution in [0.15, 0.2) is 12.1 Å². The zero-order valence-corrected chi connectivity index (χ0v) is 9.87. The van der Waals surface area contributed by atoms with Crippen LogP contribution < -0.4 is 0 Å². The molecule has 4 nitrogen and oxygen atoms in total. The Morgan fingerprint density at radius 3 is 3.06 bits per heavy atom. The smallest absolute Gasteiger partial charge is 0.191 e. The van der Waals surface area contributed by atoms with E-state index in [1.54, 1.807) is 16.0 Å². The minimum absolute atomic E-state index is 0.494. The van der Waals surface area contributed by atoms with Gasteiger partial charge in [-0.3, -0.25) is 0 Å². The minimum atomic E-state index is -0.494. The Labute approximate surface area is 97.6 Å². The lowest BCUT2D eigenvalue weighted by atomic mass is 10.1. The van der Waals surface area contributed by atoms with Crippen LogP contribution >= 0.6 is 11.3 Å². The number of thiophene rings is 1. The number of nitrogens with zero attached hydrogens (tertiary/aromatic N) is 3. The van der Waals surface area contributed by atoms with Gasteiger partial charge in [-0.2, -0.15) is 0 Å². The molecule has 0 spiro atoms. The molecule has 2 aromatic heterocycles. The predicted molar refractivity (Wildman–Crippen MR) is 62.3 cm³/mol. The van der Waals surface area contributed by atoms with Gasteiger partial charge in [0.1, 0.15) is 12.1 Å². The van der Waals surface area contributed by atoms with Gasteiger partial charge in [-0.25, -0.2) is 9.67 Å². The molecular formula is C11H13N3OS. The first-order chi connectivity index (χ1) is 7.74. The number of aliphatic hydroxyl groups excluding tert-OH is 1. The van der Waals surface area contributed by atoms with E-state index in [1.165, 1.54) is 4.88 Å². The maximum Gasteiger partial charge on any atom is 0.191 e. The van der Waals surface area contributed by atoms with Crippen molar-refractivity contribution in [1.82, 2.24) is 14.8 Å². The summed E-state index contributed by atoms with van der Waals surface area (Å²) in [6.07, 6.45) is 2.18. The first-order valence-electron chi connectivity index (χ1n) is 5.44. The van der Waals surface area contributed by atoms with Crippen LogP contribution in [-0.4, -0.2) is 19.9 Å². The largest absolute Gasteiger partial charge is 0.372 e. The SMILES string of the molecule is Cc1ccc(-c2nc3n(n2)C(O)CCC3)s1. The number of hydrogen-bond donors (Lipinski definition) is 1. The molecule has 1 aliphatic rings. The number of hydrogen-bond acceptors (Lipinski definition) is 4. The Hall–Kier alpha value is -1.20. The third kappa shape index (κ3) is 1.56. The summed E-state index contributed by atoms with van der Waals surface area (Å²) < 4.78 is 1.66. The van der Waals surface area contributed by atoms with Gasteiger partial charge in [0.05, 0.1) is 4.88 Å². The van der Waals surface area contributed by atoms with E-state index < -0.39 is 6.23 Å². The van der Waals surface area contributed by atoms with Gasteiger partial charge in [-0.15, -0.1) is 16.4 Å². The quantitative estimate of drug-likeness (QED) is 0.824. The second kappa shape index (κ2) is 3.68. The highest BCUT2D eigenvalue weighted by Gasteiger charge is 2.21. The molecule has 2 aromatic rings. The standard InChI is InChI=1S/C11H13N3OS/c1-7-5-6-8(16-7)11-12-9-3-2-4-10(15)14(9)13-11/h5-6,10,15H,2-4H2,1H3. The molecule has 1 atom stereocenters. The highest BCUT2D eigenvalue weighted by atomic mass is 32.1. The molecule has 1 unspecified atom stereocenters. The Morgan fingerprint density at radius 1 is 1.50 bits per heavy atom. The van der Waals surface area contributed by atoms with E-state index in [0.717, 1.165) is 35.8 Å². The number of rotatable bonds is 1. The van der Waals surface area contributed by atoms with Crippen LogP contribution in [0.2, 0.25) is 0 Å². The summed E-state index contributed by atoms with van der Waals surface area (Å²) in [7, 11) is 0. The van der Waals surface area contributed by atoms with Crippen molar-refractivity contribution in [3.63, 3.8) is 0 Å². The third-order valence-corrected chi connectivity index (χ3v) is 3.80. The minimum Gasteiger partial charge on any atom is -0.372 e. The zero-order chi connectivity index (χ0) is 11.1. The average Bonchev–Trinajstić information content (AvgIpc) is 2.84. The van der Waals surface area contributed by atoms with Crippen LogP contribution in [0.5, 0.6) is 0 Å². The van der Waals surface area contributed by atoms with Gasteiger partial charge >= 0.3 is 0 Å². The van der Waals surface area contributed by atoms with Crippen LogP contribution in [-0.2, 0) is 6.42 Å². The molecule has 0 aromatic carbocycles. The molecule has 0 saturated heterocycles. The summed E-state index contributed by atoms with van der Waals surface area (Å²) in [6.45, 7) is 2.07. The molecule has 1 N–H and O–H groups in total.